The zero-order valence-electron chi connectivity index (χ0n) is 17.7. The summed E-state index contributed by atoms with van der Waals surface area (Å²) in [6.45, 7) is 8.87. The molecule has 1 aliphatic rings. The van der Waals surface area contributed by atoms with Gasteiger partial charge in [0.05, 0.1) is 12.2 Å². The van der Waals surface area contributed by atoms with Crippen molar-refractivity contribution in [2.24, 2.45) is 10.7 Å². The van der Waals surface area contributed by atoms with Crippen LogP contribution in [0, 0.1) is 0 Å². The second-order valence-corrected chi connectivity index (χ2v) is 7.74. The van der Waals surface area contributed by atoms with Gasteiger partial charge in [-0.25, -0.2) is 4.79 Å². The van der Waals surface area contributed by atoms with Crippen molar-refractivity contribution in [1.29, 1.82) is 0 Å². The van der Waals surface area contributed by atoms with Crippen LogP contribution in [0.25, 0.3) is 0 Å². The van der Waals surface area contributed by atoms with Gasteiger partial charge in [-0.2, -0.15) is 0 Å². The number of hydrogen-bond acceptors (Lipinski definition) is 5. The molecule has 0 aliphatic carbocycles. The van der Waals surface area contributed by atoms with E-state index in [-0.39, 0.29) is 47.5 Å². The number of carbonyl (C=O) groups is 1. The molecule has 0 saturated carbocycles. The fourth-order valence-corrected chi connectivity index (χ4v) is 2.75. The Bertz CT molecular complexity index is 748. The minimum Gasteiger partial charge on any atom is -0.444 e. The molecule has 1 amide bonds. The minimum absolute atomic E-state index is 0. The lowest BCUT2D eigenvalue weighted by Gasteiger charge is -2.35. The number of halogens is 4. The molecule has 176 valence electrons. The molecule has 2 rings (SSSR count). The van der Waals surface area contributed by atoms with Crippen LogP contribution in [-0.4, -0.2) is 73.1 Å². The second-order valence-electron chi connectivity index (χ2n) is 7.74. The van der Waals surface area contributed by atoms with Crippen LogP contribution in [0.4, 0.5) is 23.7 Å². The molecule has 0 unspecified atom stereocenters. The topological polar surface area (TPSA) is 92.4 Å². The molecule has 0 spiro atoms. The normalized spacial score (nSPS) is 15.8. The van der Waals surface area contributed by atoms with Crippen molar-refractivity contribution >= 4 is 41.7 Å². The number of nitrogens with zero attached hydrogens (tertiary/aromatic N) is 3. The molecular weight excluding hydrogens is 530 g/mol. The number of guanidine groups is 1. The zero-order chi connectivity index (χ0) is 22.4. The van der Waals surface area contributed by atoms with Gasteiger partial charge in [-0.1, -0.05) is 12.1 Å². The number of benzene rings is 1. The third-order valence-electron chi connectivity index (χ3n) is 4.10. The first-order valence-corrected chi connectivity index (χ1v) is 9.55. The number of ether oxygens (including phenoxy) is 2. The van der Waals surface area contributed by atoms with E-state index in [1.807, 2.05) is 20.8 Å². The third-order valence-corrected chi connectivity index (χ3v) is 4.10. The highest BCUT2D eigenvalue weighted by atomic mass is 127. The summed E-state index contributed by atoms with van der Waals surface area (Å²) in [6.07, 6.45) is -5.13. The number of rotatable bonds is 5. The summed E-state index contributed by atoms with van der Waals surface area (Å²) in [5.74, 6) is -0.401. The summed E-state index contributed by atoms with van der Waals surface area (Å²) < 4.78 is 46.8. The molecule has 1 aromatic rings. The average molecular weight is 559 g/mol. The monoisotopic (exact) mass is 559 g/mol. The van der Waals surface area contributed by atoms with Crippen LogP contribution in [0.1, 0.15) is 20.8 Å². The van der Waals surface area contributed by atoms with Gasteiger partial charge in [-0.3, -0.25) is 9.89 Å². The number of alkyl halides is 3. The molecule has 0 atom stereocenters. The summed E-state index contributed by atoms with van der Waals surface area (Å²) in [7, 11) is 0. The Morgan fingerprint density at radius 2 is 1.77 bits per heavy atom. The largest absolute Gasteiger partial charge is 0.573 e. The lowest BCUT2D eigenvalue weighted by Crippen LogP contribution is -2.50. The molecular formula is C19H29F3IN5O3. The van der Waals surface area contributed by atoms with Crippen LogP contribution in [0.5, 0.6) is 5.75 Å². The molecule has 8 nitrogen and oxygen atoms in total. The summed E-state index contributed by atoms with van der Waals surface area (Å²) in [4.78, 5) is 20.0. The number of anilines is 1. The van der Waals surface area contributed by atoms with E-state index in [4.69, 9.17) is 10.5 Å². The molecule has 0 bridgehead atoms. The van der Waals surface area contributed by atoms with Gasteiger partial charge in [0.15, 0.2) is 11.7 Å². The van der Waals surface area contributed by atoms with Gasteiger partial charge in [-0.05, 0) is 32.9 Å². The zero-order valence-corrected chi connectivity index (χ0v) is 20.1. The van der Waals surface area contributed by atoms with Crippen LogP contribution in [0.2, 0.25) is 0 Å². The van der Waals surface area contributed by atoms with Crippen LogP contribution in [0.3, 0.4) is 0 Å². The standard InChI is InChI=1S/C19H28F3N5O3.HI/c1-18(2,3)30-17(28)27-12-10-26(11-13-27)9-8-24-16(23)25-14-6-4-5-7-15(14)29-19(20,21)22;/h4-7H,8-13H2,1-3H3,(H3,23,24,25);1H. The van der Waals surface area contributed by atoms with Crippen molar-refractivity contribution in [3.63, 3.8) is 0 Å². The number of nitrogens with two attached hydrogens (primary N) is 1. The highest BCUT2D eigenvalue weighted by Gasteiger charge is 2.32. The van der Waals surface area contributed by atoms with Gasteiger partial charge >= 0.3 is 12.5 Å². The maximum absolute atomic E-state index is 12.5. The molecule has 1 aliphatic heterocycles. The molecule has 31 heavy (non-hydrogen) atoms. The van der Waals surface area contributed by atoms with Gasteiger partial charge in [-0.15, -0.1) is 37.1 Å². The smallest absolute Gasteiger partial charge is 0.444 e. The van der Waals surface area contributed by atoms with E-state index in [1.165, 1.54) is 18.2 Å². The number of piperazine rings is 1. The van der Waals surface area contributed by atoms with Gasteiger partial charge in [0.1, 0.15) is 5.60 Å². The number of nitrogens with one attached hydrogen (secondary N) is 1. The summed E-state index contributed by atoms with van der Waals surface area (Å²) >= 11 is 0. The first kappa shape index (κ1) is 27.1. The van der Waals surface area contributed by atoms with E-state index >= 15 is 0 Å². The van der Waals surface area contributed by atoms with Crippen LogP contribution in [-0.2, 0) is 4.74 Å². The number of amides is 1. The fraction of sp³-hybridized carbons (Fsp3) is 0.579. The first-order chi connectivity index (χ1) is 13.9. The van der Waals surface area contributed by atoms with Gasteiger partial charge in [0.25, 0.3) is 0 Å². The number of aliphatic imine (C=N–C) groups is 1. The van der Waals surface area contributed by atoms with Crippen LogP contribution >= 0.6 is 24.0 Å². The van der Waals surface area contributed by atoms with Gasteiger partial charge < -0.3 is 25.4 Å². The number of carbonyl (C=O) groups excluding carboxylic acids is 1. The van der Waals surface area contributed by atoms with Crippen molar-refractivity contribution < 1.29 is 27.4 Å². The maximum Gasteiger partial charge on any atom is 0.573 e. The van der Waals surface area contributed by atoms with Gasteiger partial charge in [0.2, 0.25) is 0 Å². The van der Waals surface area contributed by atoms with Crippen molar-refractivity contribution in [2.45, 2.75) is 32.7 Å². The number of para-hydroxylation sites is 2. The van der Waals surface area contributed by atoms with E-state index in [0.717, 1.165) is 0 Å². The Morgan fingerprint density at radius 3 is 2.35 bits per heavy atom. The average Bonchev–Trinajstić information content (AvgIpc) is 2.61. The second kappa shape index (κ2) is 11.6. The highest BCUT2D eigenvalue weighted by molar-refractivity contribution is 14.0. The quantitative estimate of drug-likeness (QED) is 0.326. The SMILES string of the molecule is CC(C)(C)OC(=O)N1CCN(CCN=C(N)Nc2ccccc2OC(F)(F)F)CC1.I. The lowest BCUT2D eigenvalue weighted by atomic mass is 10.2. The highest BCUT2D eigenvalue weighted by Crippen LogP contribution is 2.29. The van der Waals surface area contributed by atoms with Crippen LogP contribution in [0.15, 0.2) is 29.3 Å². The molecule has 3 N–H and O–H groups in total. The van der Waals surface area contributed by atoms with Crippen molar-refractivity contribution in [3.05, 3.63) is 24.3 Å². The lowest BCUT2D eigenvalue weighted by molar-refractivity contribution is -0.274. The predicted molar refractivity (Wildman–Crippen MR) is 123 cm³/mol. The molecule has 1 aromatic carbocycles. The molecule has 12 heteroatoms. The minimum atomic E-state index is -4.80. The Balaban J connectivity index is 0.00000480. The van der Waals surface area contributed by atoms with E-state index in [2.05, 4.69) is 19.9 Å². The van der Waals surface area contributed by atoms with E-state index in [1.54, 1.807) is 11.0 Å². The Hall–Kier alpha value is -1.96. The molecule has 0 radical (unpaired) electrons. The molecule has 1 saturated heterocycles. The Labute approximate surface area is 197 Å². The van der Waals surface area contributed by atoms with Crippen molar-refractivity contribution in [1.82, 2.24) is 9.80 Å². The van der Waals surface area contributed by atoms with E-state index < -0.39 is 12.0 Å². The summed E-state index contributed by atoms with van der Waals surface area (Å²) in [5, 5.41) is 2.63. The fourth-order valence-electron chi connectivity index (χ4n) is 2.75. The Morgan fingerprint density at radius 1 is 1.16 bits per heavy atom. The Kier molecular flexibility index (Phi) is 10.1. The van der Waals surface area contributed by atoms with Crippen molar-refractivity contribution in [2.75, 3.05) is 44.6 Å². The molecule has 1 heterocycles. The van der Waals surface area contributed by atoms with E-state index in [9.17, 15) is 18.0 Å². The summed E-state index contributed by atoms with van der Waals surface area (Å²) in [5.41, 5.74) is 5.33. The van der Waals surface area contributed by atoms with E-state index in [0.29, 0.717) is 39.3 Å². The third kappa shape index (κ3) is 10.3. The first-order valence-electron chi connectivity index (χ1n) is 9.55. The van der Waals surface area contributed by atoms with Crippen molar-refractivity contribution in [3.8, 4) is 5.75 Å². The summed E-state index contributed by atoms with van der Waals surface area (Å²) in [6, 6.07) is 5.59. The number of hydrogen-bond donors (Lipinski definition) is 2. The predicted octanol–water partition coefficient (Wildman–Crippen LogP) is 3.48. The molecule has 0 aromatic heterocycles. The van der Waals surface area contributed by atoms with Crippen LogP contribution < -0.4 is 15.8 Å². The maximum atomic E-state index is 12.5. The molecule has 1 fully saturated rings. The van der Waals surface area contributed by atoms with Gasteiger partial charge in [0, 0.05) is 32.7 Å².